The number of hydrogen-bond acceptors (Lipinski definition) is 8. The third-order valence-electron chi connectivity index (χ3n) is 10.4. The molecular weight excluding hydrogens is 654 g/mol. The Morgan fingerprint density at radius 1 is 1.09 bits per heavy atom. The highest BCUT2D eigenvalue weighted by molar-refractivity contribution is 6.74. The predicted molar refractivity (Wildman–Crippen MR) is 192 cm³/mol. The van der Waals surface area contributed by atoms with Crippen molar-refractivity contribution in [2.24, 2.45) is 0 Å². The number of methoxy groups -OCH3 is 1. The molecule has 1 saturated heterocycles. The Morgan fingerprint density at radius 3 is 2.15 bits per heavy atom. The maximum Gasteiger partial charge on any atom is 0.408 e. The Balaban J connectivity index is 2.23. The molecule has 47 heavy (non-hydrogen) atoms. The van der Waals surface area contributed by atoms with Crippen molar-refractivity contribution in [3.63, 3.8) is 0 Å². The highest BCUT2D eigenvalue weighted by atomic mass is 35.5. The third kappa shape index (κ3) is 7.87. The van der Waals surface area contributed by atoms with Crippen LogP contribution < -0.4 is 10.6 Å². The number of hydrogen-bond donors (Lipinski definition) is 2. The van der Waals surface area contributed by atoms with Gasteiger partial charge < -0.3 is 33.9 Å². The number of alkyl carbamates (subject to hydrolysis) is 1. The Labute approximate surface area is 289 Å². The standard InChI is InChI=1S/C34H58ClN3O7Si2/c1-15-47(16-2,17-3)45-34-20-26(29(40)42-12)38(30(34)36-25-19-24(35)21(4)18-23(25)34)28(39)27(37-31(41)43-32(6,7)8)22(5)44-46(13,14)33(9,10)11/h18-19,22,26-27,30,36H,15-17,20H2,1-14H3,(H,37,41)/t22-,26-,27+,30-,34+/m0/s1. The SMILES string of the molecule is CC[Si](CC)(CC)O[C@@]12C[C@@H](C(=O)OC)N(C(=O)[C@H](NC(=O)OC(C)(C)C)[C@H](C)O[Si](C)(C)C(C)(C)C)[C@@H]1Nc1cc(Cl)c(C)cc12. The van der Waals surface area contributed by atoms with Crippen LogP contribution in [0.5, 0.6) is 0 Å². The molecular formula is C34H58ClN3O7Si2. The number of anilines is 1. The number of halogens is 1. The molecule has 2 aliphatic rings. The first kappa shape index (κ1) is 39.3. The van der Waals surface area contributed by atoms with Crippen LogP contribution >= 0.6 is 11.6 Å². The number of amides is 2. The second kappa shape index (κ2) is 14.0. The van der Waals surface area contributed by atoms with Crippen LogP contribution in [0.1, 0.15) is 86.8 Å². The van der Waals surface area contributed by atoms with Crippen molar-refractivity contribution < 1.29 is 32.7 Å². The molecule has 2 amide bonds. The van der Waals surface area contributed by atoms with Gasteiger partial charge in [-0.15, -0.1) is 0 Å². The minimum atomic E-state index is -2.42. The van der Waals surface area contributed by atoms with E-state index in [1.165, 1.54) is 12.0 Å². The summed E-state index contributed by atoms with van der Waals surface area (Å²) in [7, 11) is -3.44. The maximum atomic E-state index is 15.1. The zero-order chi connectivity index (χ0) is 35.9. The van der Waals surface area contributed by atoms with E-state index in [0.717, 1.165) is 34.9 Å². The topological polar surface area (TPSA) is 115 Å². The summed E-state index contributed by atoms with van der Waals surface area (Å²) < 4.78 is 25.0. The van der Waals surface area contributed by atoms with Crippen LogP contribution in [0.4, 0.5) is 10.5 Å². The number of fused-ring (bicyclic) bond motifs is 3. The fourth-order valence-electron chi connectivity index (χ4n) is 6.45. The molecule has 0 aliphatic carbocycles. The molecule has 2 aliphatic heterocycles. The van der Waals surface area contributed by atoms with Gasteiger partial charge in [-0.3, -0.25) is 4.79 Å². The lowest BCUT2D eigenvalue weighted by Gasteiger charge is -2.43. The first-order valence-corrected chi connectivity index (χ1v) is 22.7. The minimum Gasteiger partial charge on any atom is -0.467 e. The number of carbonyl (C=O) groups is 3. The minimum absolute atomic E-state index is 0.161. The van der Waals surface area contributed by atoms with Gasteiger partial charge in [0.15, 0.2) is 16.6 Å². The lowest BCUT2D eigenvalue weighted by atomic mass is 9.90. The number of ether oxygens (including phenoxy) is 2. The maximum absolute atomic E-state index is 15.1. The first-order valence-electron chi connectivity index (χ1n) is 16.9. The van der Waals surface area contributed by atoms with E-state index in [1.807, 2.05) is 19.1 Å². The summed E-state index contributed by atoms with van der Waals surface area (Å²) in [6.07, 6.45) is -2.09. The van der Waals surface area contributed by atoms with Crippen molar-refractivity contribution in [2.75, 3.05) is 12.4 Å². The molecule has 0 radical (unpaired) electrons. The molecule has 0 spiro atoms. The van der Waals surface area contributed by atoms with Gasteiger partial charge in [-0.2, -0.15) is 0 Å². The van der Waals surface area contributed by atoms with Crippen LogP contribution in [-0.2, 0) is 33.5 Å². The Morgan fingerprint density at radius 2 is 1.66 bits per heavy atom. The summed E-state index contributed by atoms with van der Waals surface area (Å²) in [5.41, 5.74) is 0.635. The molecule has 0 aromatic heterocycles. The van der Waals surface area contributed by atoms with Crippen molar-refractivity contribution in [3.8, 4) is 0 Å². The van der Waals surface area contributed by atoms with E-state index in [9.17, 15) is 9.59 Å². The van der Waals surface area contributed by atoms with Crippen molar-refractivity contribution in [2.45, 2.75) is 154 Å². The number of esters is 1. The molecule has 3 rings (SSSR count). The molecule has 2 heterocycles. The van der Waals surface area contributed by atoms with E-state index in [2.05, 4.69) is 65.3 Å². The summed E-state index contributed by atoms with van der Waals surface area (Å²) in [6.45, 7) is 26.0. The van der Waals surface area contributed by atoms with Crippen molar-refractivity contribution in [3.05, 3.63) is 28.3 Å². The monoisotopic (exact) mass is 711 g/mol. The quantitative estimate of drug-likeness (QED) is 0.177. The summed E-state index contributed by atoms with van der Waals surface area (Å²) >= 11 is 6.61. The average molecular weight is 712 g/mol. The van der Waals surface area contributed by atoms with Gasteiger partial charge in [0.25, 0.3) is 0 Å². The number of aryl methyl sites for hydroxylation is 1. The van der Waals surface area contributed by atoms with E-state index in [1.54, 1.807) is 27.7 Å². The normalized spacial score (nSPS) is 22.6. The van der Waals surface area contributed by atoms with Crippen LogP contribution in [0.2, 0.25) is 41.3 Å². The third-order valence-corrected chi connectivity index (χ3v) is 20.0. The van der Waals surface area contributed by atoms with Gasteiger partial charge in [-0.25, -0.2) is 9.59 Å². The molecule has 0 bridgehead atoms. The molecule has 5 atom stereocenters. The van der Waals surface area contributed by atoms with E-state index < -0.39 is 70.2 Å². The molecule has 1 aromatic carbocycles. The van der Waals surface area contributed by atoms with Crippen molar-refractivity contribution in [1.82, 2.24) is 10.2 Å². The van der Waals surface area contributed by atoms with Crippen LogP contribution in [0.3, 0.4) is 0 Å². The number of benzene rings is 1. The first-order chi connectivity index (χ1) is 21.5. The molecule has 2 N–H and O–H groups in total. The second-order valence-corrected chi connectivity index (χ2v) is 25.5. The van der Waals surface area contributed by atoms with Crippen molar-refractivity contribution >= 4 is 51.9 Å². The van der Waals surface area contributed by atoms with Crippen molar-refractivity contribution in [1.29, 1.82) is 0 Å². The molecule has 1 fully saturated rings. The summed E-state index contributed by atoms with van der Waals surface area (Å²) in [5, 5.41) is 6.78. The van der Waals surface area contributed by atoms with Gasteiger partial charge in [0.1, 0.15) is 29.5 Å². The zero-order valence-corrected chi connectivity index (χ0v) is 33.7. The Hall–Kier alpha value is -2.13. The Kier molecular flexibility index (Phi) is 11.7. The summed E-state index contributed by atoms with van der Waals surface area (Å²) in [5.74, 6) is -1.05. The highest BCUT2D eigenvalue weighted by Gasteiger charge is 2.65. The molecule has 0 unspecified atom stereocenters. The van der Waals surface area contributed by atoms with Crippen LogP contribution in [-0.4, -0.2) is 76.6 Å². The molecule has 13 heteroatoms. The second-order valence-electron chi connectivity index (χ2n) is 15.6. The lowest BCUT2D eigenvalue weighted by molar-refractivity contribution is -0.153. The lowest BCUT2D eigenvalue weighted by Crippen LogP contribution is -2.62. The Bertz CT molecular complexity index is 1330. The van der Waals surface area contributed by atoms with E-state index in [0.29, 0.717) is 5.02 Å². The molecule has 0 saturated carbocycles. The number of carbonyl (C=O) groups excluding carboxylic acids is 3. The smallest absolute Gasteiger partial charge is 0.408 e. The molecule has 266 valence electrons. The summed E-state index contributed by atoms with van der Waals surface area (Å²) in [6, 6.07) is 4.30. The van der Waals surface area contributed by atoms with Gasteiger partial charge >= 0.3 is 12.1 Å². The largest absolute Gasteiger partial charge is 0.467 e. The van der Waals surface area contributed by atoms with Gasteiger partial charge in [0, 0.05) is 22.7 Å². The zero-order valence-electron chi connectivity index (χ0n) is 31.0. The van der Waals surface area contributed by atoms with Gasteiger partial charge in [0.2, 0.25) is 5.91 Å². The van der Waals surface area contributed by atoms with Gasteiger partial charge in [-0.05, 0) is 88.6 Å². The van der Waals surface area contributed by atoms with E-state index in [-0.39, 0.29) is 11.5 Å². The average Bonchev–Trinajstić information content (AvgIpc) is 3.42. The highest BCUT2D eigenvalue weighted by Crippen LogP contribution is 2.55. The van der Waals surface area contributed by atoms with Gasteiger partial charge in [-0.1, -0.05) is 53.1 Å². The van der Waals surface area contributed by atoms with Crippen LogP contribution in [0, 0.1) is 6.92 Å². The molecule has 10 nitrogen and oxygen atoms in total. The fraction of sp³-hybridized carbons (Fsp3) is 0.735. The van der Waals surface area contributed by atoms with E-state index in [4.69, 9.17) is 29.9 Å². The summed E-state index contributed by atoms with van der Waals surface area (Å²) in [4.78, 5) is 43.5. The number of rotatable bonds is 11. The molecule has 1 aromatic rings. The van der Waals surface area contributed by atoms with Crippen LogP contribution in [0.25, 0.3) is 0 Å². The van der Waals surface area contributed by atoms with Gasteiger partial charge in [0.05, 0.1) is 13.2 Å². The number of nitrogens with one attached hydrogen (secondary N) is 2. The van der Waals surface area contributed by atoms with Crippen LogP contribution in [0.15, 0.2) is 12.1 Å². The number of nitrogens with zero attached hydrogens (tertiary/aromatic N) is 1. The predicted octanol–water partition coefficient (Wildman–Crippen LogP) is 7.69. The fourth-order valence-corrected chi connectivity index (χ4v) is 11.0. The van der Waals surface area contributed by atoms with E-state index >= 15 is 4.79 Å². The number of likely N-dealkylation sites (tertiary alicyclic amines) is 1.